The van der Waals surface area contributed by atoms with Crippen LogP contribution >= 0.6 is 11.6 Å². The van der Waals surface area contributed by atoms with Gasteiger partial charge in [0, 0.05) is 40.9 Å². The highest BCUT2D eigenvalue weighted by Gasteiger charge is 2.29. The summed E-state index contributed by atoms with van der Waals surface area (Å²) in [7, 11) is 0. The van der Waals surface area contributed by atoms with Gasteiger partial charge >= 0.3 is 0 Å². The minimum Gasteiger partial charge on any atom is -0.370 e. The molecular weight excluding hydrogens is 494 g/mol. The number of amides is 1. The topological polar surface area (TPSA) is 63.1 Å². The van der Waals surface area contributed by atoms with Crippen LogP contribution in [0.1, 0.15) is 38.0 Å². The van der Waals surface area contributed by atoms with Crippen LogP contribution in [0.2, 0.25) is 5.02 Å². The predicted molar refractivity (Wildman–Crippen MR) is 152 cm³/mol. The molecule has 5 nitrogen and oxygen atoms in total. The number of nitrogens with zero attached hydrogens (tertiary/aromatic N) is 1. The molecule has 1 aliphatic rings. The molecule has 1 amide bonds. The van der Waals surface area contributed by atoms with E-state index in [9.17, 15) is 9.59 Å². The maximum absolute atomic E-state index is 13.8. The predicted octanol–water partition coefficient (Wildman–Crippen LogP) is 7.46. The molecule has 4 aromatic carbocycles. The van der Waals surface area contributed by atoms with Crippen LogP contribution in [0.15, 0.2) is 115 Å². The van der Waals surface area contributed by atoms with Gasteiger partial charge in [0.2, 0.25) is 0 Å². The zero-order valence-electron chi connectivity index (χ0n) is 20.4. The lowest BCUT2D eigenvalue weighted by molar-refractivity contribution is 0.0966. The second-order valence-electron chi connectivity index (χ2n) is 9.22. The Morgan fingerprint density at radius 3 is 2.42 bits per heavy atom. The minimum atomic E-state index is -0.593. The van der Waals surface area contributed by atoms with Crippen molar-refractivity contribution in [3.8, 4) is 11.1 Å². The first-order chi connectivity index (χ1) is 18.6. The van der Waals surface area contributed by atoms with Crippen molar-refractivity contribution in [3.63, 3.8) is 0 Å². The fourth-order valence-electron chi connectivity index (χ4n) is 4.94. The average molecular weight is 518 g/mol. The fourth-order valence-corrected chi connectivity index (χ4v) is 5.22. The molecule has 186 valence electrons. The molecule has 1 aliphatic heterocycles. The summed E-state index contributed by atoms with van der Waals surface area (Å²) >= 11 is 6.64. The molecule has 0 saturated heterocycles. The summed E-state index contributed by atoms with van der Waals surface area (Å²) in [6.45, 7) is 0.679. The van der Waals surface area contributed by atoms with Crippen molar-refractivity contribution < 1.29 is 9.59 Å². The SMILES string of the molecule is O=C(Nc1ccc(C(=O)C2Nc3ccccc3Cn3cccc32)c(Cl)c1)c1ccccc1-c1ccccc1. The Morgan fingerprint density at radius 1 is 0.816 bits per heavy atom. The number of rotatable bonds is 5. The first-order valence-electron chi connectivity index (χ1n) is 12.4. The van der Waals surface area contributed by atoms with Crippen molar-refractivity contribution in [2.45, 2.75) is 12.6 Å². The molecule has 1 unspecified atom stereocenters. The third kappa shape index (κ3) is 4.49. The number of hydrogen-bond acceptors (Lipinski definition) is 3. The van der Waals surface area contributed by atoms with Gasteiger partial charge in [-0.25, -0.2) is 0 Å². The summed E-state index contributed by atoms with van der Waals surface area (Å²) in [6.07, 6.45) is 1.98. The zero-order chi connectivity index (χ0) is 26.1. The Kier molecular flexibility index (Phi) is 6.28. The third-order valence-corrected chi connectivity index (χ3v) is 7.14. The van der Waals surface area contributed by atoms with Crippen LogP contribution < -0.4 is 10.6 Å². The van der Waals surface area contributed by atoms with Crippen LogP contribution in [0.25, 0.3) is 11.1 Å². The number of ketones is 1. The van der Waals surface area contributed by atoms with Gasteiger partial charge in [-0.15, -0.1) is 0 Å². The lowest BCUT2D eigenvalue weighted by atomic mass is 9.99. The van der Waals surface area contributed by atoms with Crippen LogP contribution in [-0.2, 0) is 6.54 Å². The van der Waals surface area contributed by atoms with E-state index in [1.165, 1.54) is 0 Å². The van der Waals surface area contributed by atoms with E-state index in [1.54, 1.807) is 24.3 Å². The average Bonchev–Trinajstić information content (AvgIpc) is 3.34. The van der Waals surface area contributed by atoms with Crippen LogP contribution in [0.5, 0.6) is 0 Å². The van der Waals surface area contributed by atoms with E-state index in [0.29, 0.717) is 23.4 Å². The largest absolute Gasteiger partial charge is 0.370 e. The number of carbonyl (C=O) groups is 2. The number of anilines is 2. The number of aromatic nitrogens is 1. The van der Waals surface area contributed by atoms with Gasteiger partial charge in [-0.3, -0.25) is 9.59 Å². The monoisotopic (exact) mass is 517 g/mol. The number of Topliss-reactive ketones (excluding diaryl/α,β-unsaturated/α-hetero) is 1. The van der Waals surface area contributed by atoms with Gasteiger partial charge in [-0.2, -0.15) is 0 Å². The molecule has 5 aromatic rings. The van der Waals surface area contributed by atoms with Gasteiger partial charge in [-0.1, -0.05) is 78.3 Å². The van der Waals surface area contributed by atoms with E-state index in [1.807, 2.05) is 85.1 Å². The highest BCUT2D eigenvalue weighted by Crippen LogP contribution is 2.33. The van der Waals surface area contributed by atoms with Gasteiger partial charge in [0.05, 0.1) is 5.02 Å². The number of carbonyl (C=O) groups excluding carboxylic acids is 2. The van der Waals surface area contributed by atoms with Crippen LogP contribution in [-0.4, -0.2) is 16.3 Å². The molecule has 38 heavy (non-hydrogen) atoms. The molecule has 0 radical (unpaired) electrons. The van der Waals surface area contributed by atoms with E-state index in [0.717, 1.165) is 28.1 Å². The molecule has 0 saturated carbocycles. The lowest BCUT2D eigenvalue weighted by Gasteiger charge is -2.19. The highest BCUT2D eigenvalue weighted by atomic mass is 35.5. The summed E-state index contributed by atoms with van der Waals surface area (Å²) in [4.78, 5) is 27.0. The number of halogens is 1. The summed E-state index contributed by atoms with van der Waals surface area (Å²) < 4.78 is 2.08. The van der Waals surface area contributed by atoms with Gasteiger partial charge in [-0.05, 0) is 59.2 Å². The van der Waals surface area contributed by atoms with Crippen LogP contribution in [0.4, 0.5) is 11.4 Å². The smallest absolute Gasteiger partial charge is 0.256 e. The molecular formula is C32H24ClN3O2. The number of fused-ring (bicyclic) bond motifs is 2. The molecule has 2 N–H and O–H groups in total. The number of benzene rings is 4. The summed E-state index contributed by atoms with van der Waals surface area (Å²) in [5.41, 5.74) is 6.16. The highest BCUT2D eigenvalue weighted by molar-refractivity contribution is 6.34. The molecule has 1 aromatic heterocycles. The van der Waals surface area contributed by atoms with E-state index in [4.69, 9.17) is 11.6 Å². The fraction of sp³-hybridized carbons (Fsp3) is 0.0625. The van der Waals surface area contributed by atoms with E-state index >= 15 is 0 Å². The maximum atomic E-state index is 13.8. The first kappa shape index (κ1) is 23.8. The number of nitrogens with one attached hydrogen (secondary N) is 2. The third-order valence-electron chi connectivity index (χ3n) is 6.83. The van der Waals surface area contributed by atoms with Crippen LogP contribution in [0.3, 0.4) is 0 Å². The van der Waals surface area contributed by atoms with Gasteiger partial charge in [0.25, 0.3) is 5.91 Å². The van der Waals surface area contributed by atoms with Gasteiger partial charge < -0.3 is 15.2 Å². The van der Waals surface area contributed by atoms with Crippen molar-refractivity contribution in [1.82, 2.24) is 4.57 Å². The van der Waals surface area contributed by atoms with Crippen molar-refractivity contribution >= 4 is 34.7 Å². The lowest BCUT2D eigenvalue weighted by Crippen LogP contribution is -2.22. The first-order valence-corrected chi connectivity index (χ1v) is 12.8. The Hall–Kier alpha value is -4.61. The molecule has 6 heteroatoms. The molecule has 0 fully saturated rings. The molecule has 1 atom stereocenters. The summed E-state index contributed by atoms with van der Waals surface area (Å²) in [5.74, 6) is -0.390. The second-order valence-corrected chi connectivity index (χ2v) is 9.63. The zero-order valence-corrected chi connectivity index (χ0v) is 21.2. The van der Waals surface area contributed by atoms with Crippen molar-refractivity contribution in [3.05, 3.63) is 143 Å². The Morgan fingerprint density at radius 2 is 1.58 bits per heavy atom. The minimum absolute atomic E-state index is 0.140. The number of para-hydroxylation sites is 1. The van der Waals surface area contributed by atoms with Gasteiger partial charge in [0.15, 0.2) is 5.78 Å². The van der Waals surface area contributed by atoms with Crippen molar-refractivity contribution in [1.29, 1.82) is 0 Å². The standard InChI is InChI=1S/C32H24ClN3O2/c33-27-19-23(34-32(38)25-13-6-5-12-24(25)21-9-2-1-3-10-21)16-17-26(27)31(37)30-29-15-8-18-36(29)20-22-11-4-7-14-28(22)35-30/h1-19,30,35H,20H2,(H,34,38). The maximum Gasteiger partial charge on any atom is 0.256 e. The van der Waals surface area contributed by atoms with Crippen molar-refractivity contribution in [2.24, 2.45) is 0 Å². The molecule has 0 aliphatic carbocycles. The molecule has 6 rings (SSSR count). The molecule has 0 bridgehead atoms. The van der Waals surface area contributed by atoms with Crippen LogP contribution in [0, 0.1) is 0 Å². The molecule has 2 heterocycles. The van der Waals surface area contributed by atoms with Crippen molar-refractivity contribution in [2.75, 3.05) is 10.6 Å². The summed E-state index contributed by atoms with van der Waals surface area (Å²) in [6, 6.07) is 33.5. The summed E-state index contributed by atoms with van der Waals surface area (Å²) in [5, 5.41) is 6.63. The normalized spacial score (nSPS) is 14.0. The van der Waals surface area contributed by atoms with E-state index < -0.39 is 6.04 Å². The number of hydrogen-bond donors (Lipinski definition) is 2. The Bertz CT molecular complexity index is 1660. The Balaban J connectivity index is 1.26. The van der Waals surface area contributed by atoms with E-state index in [-0.39, 0.29) is 16.7 Å². The van der Waals surface area contributed by atoms with E-state index in [2.05, 4.69) is 21.3 Å². The second kappa shape index (κ2) is 10.0. The molecule has 0 spiro atoms. The Labute approximate surface area is 225 Å². The van der Waals surface area contributed by atoms with Gasteiger partial charge in [0.1, 0.15) is 6.04 Å². The quantitative estimate of drug-likeness (QED) is 0.238.